The number of aryl methyl sites for hydroxylation is 2. The Morgan fingerprint density at radius 3 is 2.77 bits per heavy atom. The Bertz CT molecular complexity index is 1000. The highest BCUT2D eigenvalue weighted by Gasteiger charge is 2.26. The van der Waals surface area contributed by atoms with Gasteiger partial charge in [0, 0.05) is 11.8 Å². The van der Waals surface area contributed by atoms with E-state index in [0.717, 1.165) is 16.9 Å². The van der Waals surface area contributed by atoms with Crippen LogP contribution in [0.15, 0.2) is 62.9 Å². The third-order valence-electron chi connectivity index (χ3n) is 4.21. The molecule has 26 heavy (non-hydrogen) atoms. The summed E-state index contributed by atoms with van der Waals surface area (Å²) in [6.07, 6.45) is 1.23. The van der Waals surface area contributed by atoms with Crippen LogP contribution in [0.5, 0.6) is 0 Å². The SMILES string of the molecule is Cc1ccc([C@@H]2NC(=NCc3ccco3)Nc3nc(C)cc(=O)n32)cc1. The molecule has 1 aliphatic rings. The van der Waals surface area contributed by atoms with Crippen molar-refractivity contribution in [2.75, 3.05) is 5.32 Å². The number of hydrogen-bond donors (Lipinski definition) is 2. The van der Waals surface area contributed by atoms with Crippen molar-refractivity contribution in [1.82, 2.24) is 14.9 Å². The van der Waals surface area contributed by atoms with Crippen molar-refractivity contribution in [1.29, 1.82) is 0 Å². The van der Waals surface area contributed by atoms with Gasteiger partial charge < -0.3 is 9.73 Å². The molecule has 132 valence electrons. The molecule has 2 N–H and O–H groups in total. The lowest BCUT2D eigenvalue weighted by molar-refractivity contribution is 0.502. The lowest BCUT2D eigenvalue weighted by Crippen LogP contribution is -2.48. The Morgan fingerprint density at radius 2 is 2.04 bits per heavy atom. The Morgan fingerprint density at radius 1 is 1.23 bits per heavy atom. The second kappa shape index (κ2) is 6.51. The van der Waals surface area contributed by atoms with Crippen molar-refractivity contribution in [2.45, 2.75) is 26.6 Å². The third kappa shape index (κ3) is 3.11. The van der Waals surface area contributed by atoms with E-state index in [9.17, 15) is 4.79 Å². The Kier molecular flexibility index (Phi) is 4.04. The standard InChI is InChI=1S/C19H19N5O2/c1-12-5-7-14(8-6-12)17-22-18(20-11-15-4-3-9-26-15)23-19-21-13(2)10-16(25)24(17)19/h3-10,17H,11H2,1-2H3,(H2,20,21,22,23)/t17-/m1/s1. The number of nitrogens with one attached hydrogen (secondary N) is 2. The van der Waals surface area contributed by atoms with Crippen LogP contribution in [0.25, 0.3) is 0 Å². The van der Waals surface area contributed by atoms with Crippen LogP contribution in [0.4, 0.5) is 5.95 Å². The van der Waals surface area contributed by atoms with Gasteiger partial charge in [0.25, 0.3) is 5.56 Å². The molecule has 3 aromatic rings. The number of aromatic nitrogens is 2. The average Bonchev–Trinajstić information content (AvgIpc) is 3.13. The molecule has 7 heteroatoms. The molecule has 0 unspecified atom stereocenters. The molecule has 1 aromatic carbocycles. The van der Waals surface area contributed by atoms with Crippen LogP contribution in [0.3, 0.4) is 0 Å². The maximum Gasteiger partial charge on any atom is 0.257 e. The Labute approximate surface area is 150 Å². The number of anilines is 1. The number of hydrogen-bond acceptors (Lipinski definition) is 4. The van der Waals surface area contributed by atoms with Crippen LogP contribution >= 0.6 is 0 Å². The summed E-state index contributed by atoms with van der Waals surface area (Å²) in [7, 11) is 0. The minimum absolute atomic E-state index is 0.122. The average molecular weight is 349 g/mol. The molecule has 0 bridgehead atoms. The summed E-state index contributed by atoms with van der Waals surface area (Å²) in [5.41, 5.74) is 2.65. The fourth-order valence-electron chi connectivity index (χ4n) is 2.91. The van der Waals surface area contributed by atoms with E-state index in [0.29, 0.717) is 24.1 Å². The summed E-state index contributed by atoms with van der Waals surface area (Å²) in [4.78, 5) is 21.6. The molecule has 1 atom stereocenters. The molecule has 2 aromatic heterocycles. The van der Waals surface area contributed by atoms with Gasteiger partial charge in [0.2, 0.25) is 5.95 Å². The van der Waals surface area contributed by atoms with Gasteiger partial charge in [0.1, 0.15) is 18.5 Å². The maximum atomic E-state index is 12.6. The predicted molar refractivity (Wildman–Crippen MR) is 99.2 cm³/mol. The van der Waals surface area contributed by atoms with E-state index >= 15 is 0 Å². The number of benzene rings is 1. The van der Waals surface area contributed by atoms with Gasteiger partial charge in [-0.2, -0.15) is 0 Å². The van der Waals surface area contributed by atoms with Crippen LogP contribution in [0.2, 0.25) is 0 Å². The summed E-state index contributed by atoms with van der Waals surface area (Å²) >= 11 is 0. The zero-order valence-corrected chi connectivity index (χ0v) is 14.6. The van der Waals surface area contributed by atoms with E-state index in [1.54, 1.807) is 17.8 Å². The third-order valence-corrected chi connectivity index (χ3v) is 4.21. The lowest BCUT2D eigenvalue weighted by atomic mass is 10.1. The van der Waals surface area contributed by atoms with Crippen LogP contribution < -0.4 is 16.2 Å². The molecule has 4 rings (SSSR count). The molecule has 7 nitrogen and oxygen atoms in total. The summed E-state index contributed by atoms with van der Waals surface area (Å²) in [5.74, 6) is 1.77. The van der Waals surface area contributed by atoms with Gasteiger partial charge in [0.05, 0.1) is 6.26 Å². The number of guanidine groups is 1. The van der Waals surface area contributed by atoms with E-state index in [4.69, 9.17) is 4.42 Å². The van der Waals surface area contributed by atoms with Crippen LogP contribution in [0, 0.1) is 13.8 Å². The molecule has 0 saturated heterocycles. The van der Waals surface area contributed by atoms with Crippen LogP contribution in [-0.2, 0) is 6.54 Å². The molecule has 0 radical (unpaired) electrons. The second-order valence-electron chi connectivity index (χ2n) is 6.26. The molecule has 0 spiro atoms. The van der Waals surface area contributed by atoms with E-state index < -0.39 is 0 Å². The molecule has 0 aliphatic carbocycles. The molecule has 1 aliphatic heterocycles. The number of furan rings is 1. The van der Waals surface area contributed by atoms with E-state index in [-0.39, 0.29) is 11.7 Å². The van der Waals surface area contributed by atoms with Crippen molar-refractivity contribution in [3.05, 3.63) is 81.7 Å². The molecule has 0 saturated carbocycles. The van der Waals surface area contributed by atoms with Gasteiger partial charge in [0.15, 0.2) is 5.96 Å². The van der Waals surface area contributed by atoms with Crippen molar-refractivity contribution in [3.63, 3.8) is 0 Å². The number of aliphatic imine (C=N–C) groups is 1. The van der Waals surface area contributed by atoms with Crippen molar-refractivity contribution < 1.29 is 4.42 Å². The first-order valence-corrected chi connectivity index (χ1v) is 8.37. The van der Waals surface area contributed by atoms with Crippen molar-refractivity contribution in [3.8, 4) is 0 Å². The van der Waals surface area contributed by atoms with Gasteiger partial charge in [-0.25, -0.2) is 9.98 Å². The number of rotatable bonds is 3. The molecule has 3 heterocycles. The van der Waals surface area contributed by atoms with Gasteiger partial charge >= 0.3 is 0 Å². The van der Waals surface area contributed by atoms with Crippen molar-refractivity contribution >= 4 is 11.9 Å². The summed E-state index contributed by atoms with van der Waals surface area (Å²) in [6, 6.07) is 13.3. The fraction of sp³-hybridized carbons (Fsp3) is 0.211. The second-order valence-corrected chi connectivity index (χ2v) is 6.26. The highest BCUT2D eigenvalue weighted by molar-refractivity contribution is 5.93. The molecular weight excluding hydrogens is 330 g/mol. The number of nitrogens with zero attached hydrogens (tertiary/aromatic N) is 3. The topological polar surface area (TPSA) is 84.5 Å². The number of fused-ring (bicyclic) bond motifs is 1. The molecule has 0 fully saturated rings. The van der Waals surface area contributed by atoms with Gasteiger partial charge in [-0.05, 0) is 31.5 Å². The maximum absolute atomic E-state index is 12.6. The van der Waals surface area contributed by atoms with Crippen LogP contribution in [-0.4, -0.2) is 15.5 Å². The van der Waals surface area contributed by atoms with Crippen LogP contribution in [0.1, 0.15) is 28.7 Å². The smallest absolute Gasteiger partial charge is 0.257 e. The van der Waals surface area contributed by atoms with E-state index in [1.165, 1.54) is 6.07 Å². The highest BCUT2D eigenvalue weighted by atomic mass is 16.3. The Balaban J connectivity index is 1.75. The molecule has 0 amide bonds. The zero-order valence-electron chi connectivity index (χ0n) is 14.6. The van der Waals surface area contributed by atoms with Crippen molar-refractivity contribution in [2.24, 2.45) is 4.99 Å². The summed E-state index contributed by atoms with van der Waals surface area (Å²) < 4.78 is 6.92. The fourth-order valence-corrected chi connectivity index (χ4v) is 2.91. The van der Waals surface area contributed by atoms with E-state index in [2.05, 4.69) is 20.6 Å². The Hall–Kier alpha value is -3.35. The predicted octanol–water partition coefficient (Wildman–Crippen LogP) is 2.57. The first kappa shape index (κ1) is 16.1. The minimum atomic E-state index is -0.386. The first-order valence-electron chi connectivity index (χ1n) is 8.37. The molecular formula is C19H19N5O2. The van der Waals surface area contributed by atoms with Gasteiger partial charge in [-0.3, -0.25) is 14.7 Å². The highest BCUT2D eigenvalue weighted by Crippen LogP contribution is 2.22. The zero-order chi connectivity index (χ0) is 18.1. The normalized spacial score (nSPS) is 17.5. The van der Waals surface area contributed by atoms with Gasteiger partial charge in [-0.15, -0.1) is 0 Å². The monoisotopic (exact) mass is 349 g/mol. The van der Waals surface area contributed by atoms with E-state index in [1.807, 2.05) is 43.3 Å². The summed E-state index contributed by atoms with van der Waals surface area (Å²) in [6.45, 7) is 4.21. The minimum Gasteiger partial charge on any atom is -0.467 e. The van der Waals surface area contributed by atoms with Gasteiger partial charge in [-0.1, -0.05) is 29.8 Å². The largest absolute Gasteiger partial charge is 0.467 e. The first-order chi connectivity index (χ1) is 12.6. The lowest BCUT2D eigenvalue weighted by Gasteiger charge is -2.31. The quantitative estimate of drug-likeness (QED) is 0.759. The summed E-state index contributed by atoms with van der Waals surface area (Å²) in [5, 5.41) is 6.39.